The number of benzene rings is 14. The summed E-state index contributed by atoms with van der Waals surface area (Å²) in [6.07, 6.45) is 0. The second-order valence-electron chi connectivity index (χ2n) is 23.2. The van der Waals surface area contributed by atoms with Crippen molar-refractivity contribution in [3.8, 4) is 45.8 Å². The van der Waals surface area contributed by atoms with E-state index in [0.29, 0.717) is 22.3 Å². The van der Waals surface area contributed by atoms with Gasteiger partial charge in [0, 0.05) is 106 Å². The maximum atomic E-state index is 11.6. The lowest BCUT2D eigenvalue weighted by atomic mass is 9.87. The van der Waals surface area contributed by atoms with E-state index in [-0.39, 0.29) is 0 Å². The summed E-state index contributed by atoms with van der Waals surface area (Å²) in [6.45, 7) is 0. The fourth-order valence-corrected chi connectivity index (χ4v) is 13.6. The van der Waals surface area contributed by atoms with Gasteiger partial charge in [0.05, 0.1) is 56.7 Å². The van der Waals surface area contributed by atoms with Crippen LogP contribution >= 0.6 is 0 Å². The molecule has 16 rings (SSSR count). The van der Waals surface area contributed by atoms with Crippen LogP contribution in [0.4, 0.5) is 62.6 Å². The Balaban J connectivity index is 1.06. The molecule has 0 spiro atoms. The van der Waals surface area contributed by atoms with Crippen molar-refractivity contribution in [3.63, 3.8) is 0 Å². The number of para-hydroxylation sites is 7. The second kappa shape index (κ2) is 24.3. The summed E-state index contributed by atoms with van der Waals surface area (Å²) in [5.41, 5.74) is 20.1. The van der Waals surface area contributed by atoms with Crippen LogP contribution < -0.4 is 20.0 Å². The van der Waals surface area contributed by atoms with Crippen LogP contribution in [0.15, 0.2) is 346 Å². The Labute approximate surface area is 545 Å². The van der Waals surface area contributed by atoms with Crippen LogP contribution in [-0.2, 0) is 0 Å². The lowest BCUT2D eigenvalue weighted by Crippen LogP contribution is -2.11. The molecule has 0 aliphatic carbocycles. The Kier molecular flexibility index (Phi) is 14.5. The van der Waals surface area contributed by atoms with Crippen LogP contribution in [0.3, 0.4) is 0 Å². The van der Waals surface area contributed by atoms with Crippen LogP contribution in [0, 0.1) is 22.7 Å². The van der Waals surface area contributed by atoms with E-state index in [2.05, 4.69) is 320 Å². The van der Waals surface area contributed by atoms with E-state index in [1.165, 1.54) is 0 Å². The van der Waals surface area contributed by atoms with Gasteiger partial charge in [-0.1, -0.05) is 188 Å². The van der Waals surface area contributed by atoms with Gasteiger partial charge in [-0.25, -0.2) is 0 Å². The summed E-state index contributed by atoms with van der Waals surface area (Å²) in [7, 11) is 0. The average molecular weight is 1200 g/mol. The summed E-state index contributed by atoms with van der Waals surface area (Å²) in [6, 6.07) is 126. The minimum Gasteiger partial charge on any atom is -0.355 e. The summed E-state index contributed by atoms with van der Waals surface area (Å²) < 4.78 is 4.77. The van der Waals surface area contributed by atoms with E-state index in [0.717, 1.165) is 129 Å². The highest BCUT2D eigenvalue weighted by Crippen LogP contribution is 2.50. The van der Waals surface area contributed by atoms with Gasteiger partial charge in [-0.15, -0.1) is 0 Å². The Morgan fingerprint density at radius 2 is 0.521 bits per heavy atom. The van der Waals surface area contributed by atoms with Gasteiger partial charge in [0.25, 0.3) is 0 Å². The van der Waals surface area contributed by atoms with Crippen molar-refractivity contribution in [2.75, 3.05) is 20.0 Å². The fraction of sp³-hybridized carbons (Fsp3) is 0. The molecule has 0 aliphatic heterocycles. The van der Waals surface area contributed by atoms with Crippen molar-refractivity contribution in [3.05, 3.63) is 357 Å². The maximum Gasteiger partial charge on any atom is 0.0998 e. The van der Waals surface area contributed by atoms with Crippen LogP contribution in [0.1, 0.15) is 11.1 Å². The number of hydrogen-bond acceptors (Lipinski definition) is 6. The molecular weight excluding hydrogens is 1150 g/mol. The normalized spacial score (nSPS) is 11.2. The van der Waals surface area contributed by atoms with E-state index in [1.54, 1.807) is 0 Å². The molecular formula is C86H58N8. The van der Waals surface area contributed by atoms with Crippen molar-refractivity contribution in [2.24, 2.45) is 0 Å². The van der Waals surface area contributed by atoms with Gasteiger partial charge >= 0.3 is 0 Å². The van der Waals surface area contributed by atoms with Gasteiger partial charge in [0.2, 0.25) is 0 Å². The van der Waals surface area contributed by atoms with Crippen LogP contribution in [0.25, 0.3) is 77.2 Å². The molecule has 14 aromatic carbocycles. The third kappa shape index (κ3) is 10.1. The number of nitrogens with one attached hydrogen (secondary N) is 1. The standard InChI is InChI=1S/C86H58N8/c87-58-60-26-22-24-42-73(60)85-79(93-81-54-63(89-62-28-8-1-9-29-62)44-48-75(81)76-49-45-70(55-82(76)93)90(64-30-10-2-11-31-64)65-32-12-3-13-33-65)52-53-80(86(85)74-43-25-23-27-61(74)59-88)94-83-56-71(91(66-34-14-4-15-35-66)67-36-16-5-17-37-67)46-50-77(83)78-51-47-72(57-84(78)94)92(68-38-18-6-19-39-68)69-40-20-7-21-41-69/h1-57,89H. The highest BCUT2D eigenvalue weighted by atomic mass is 15.2. The first-order valence-corrected chi connectivity index (χ1v) is 31.4. The van der Waals surface area contributed by atoms with E-state index in [4.69, 9.17) is 0 Å². The first kappa shape index (κ1) is 56.1. The molecule has 2 heterocycles. The van der Waals surface area contributed by atoms with Gasteiger partial charge < -0.3 is 29.2 Å². The molecule has 2 aromatic heterocycles. The molecule has 442 valence electrons. The molecule has 0 atom stereocenters. The third-order valence-electron chi connectivity index (χ3n) is 17.7. The van der Waals surface area contributed by atoms with E-state index in [1.807, 2.05) is 66.7 Å². The SMILES string of the molecule is N#Cc1ccccc1-c1c(-n2c3cc(Nc4ccccc4)ccc3c3ccc(N(c4ccccc4)c4ccccc4)cc32)ccc(-n2c3cc(N(c4ccccc4)c4ccccc4)ccc3c3ccc(N(c4ccccc4)c4ccccc4)cc32)c1-c1ccccc1C#N. The van der Waals surface area contributed by atoms with Crippen LogP contribution in [-0.4, -0.2) is 9.13 Å². The third-order valence-corrected chi connectivity index (χ3v) is 17.7. The second-order valence-corrected chi connectivity index (χ2v) is 23.2. The van der Waals surface area contributed by atoms with Gasteiger partial charge in [-0.2, -0.15) is 10.5 Å². The van der Waals surface area contributed by atoms with Crippen molar-refractivity contribution in [2.45, 2.75) is 0 Å². The van der Waals surface area contributed by atoms with Gasteiger partial charge in [0.1, 0.15) is 0 Å². The van der Waals surface area contributed by atoms with Crippen LogP contribution in [0.2, 0.25) is 0 Å². The van der Waals surface area contributed by atoms with E-state index < -0.39 is 0 Å². The predicted octanol–water partition coefficient (Wildman–Crippen LogP) is 23.1. The molecule has 0 saturated carbocycles. The highest BCUT2D eigenvalue weighted by Gasteiger charge is 2.29. The molecule has 0 aliphatic rings. The zero-order chi connectivity index (χ0) is 62.9. The molecule has 0 radical (unpaired) electrons. The quantitative estimate of drug-likeness (QED) is 0.110. The lowest BCUT2D eigenvalue weighted by Gasteiger charge is -2.27. The largest absolute Gasteiger partial charge is 0.355 e. The molecule has 1 N–H and O–H groups in total. The summed E-state index contributed by atoms with van der Waals surface area (Å²) in [4.78, 5) is 6.90. The number of rotatable bonds is 15. The number of nitrogens with zero attached hydrogens (tertiary/aromatic N) is 7. The zero-order valence-electron chi connectivity index (χ0n) is 51.0. The molecule has 0 unspecified atom stereocenters. The summed E-state index contributed by atoms with van der Waals surface area (Å²) in [5.74, 6) is 0. The van der Waals surface area contributed by atoms with Gasteiger partial charge in [-0.3, -0.25) is 0 Å². The van der Waals surface area contributed by atoms with E-state index >= 15 is 0 Å². The molecule has 0 amide bonds. The van der Waals surface area contributed by atoms with E-state index in [9.17, 15) is 10.5 Å². The van der Waals surface area contributed by atoms with Gasteiger partial charge in [-0.05, 0) is 158 Å². The van der Waals surface area contributed by atoms with Crippen molar-refractivity contribution in [1.29, 1.82) is 10.5 Å². The first-order valence-electron chi connectivity index (χ1n) is 31.4. The lowest BCUT2D eigenvalue weighted by molar-refractivity contribution is 1.14. The molecule has 16 aromatic rings. The van der Waals surface area contributed by atoms with Crippen molar-refractivity contribution < 1.29 is 0 Å². The monoisotopic (exact) mass is 1200 g/mol. The molecule has 94 heavy (non-hydrogen) atoms. The summed E-state index contributed by atoms with van der Waals surface area (Å²) in [5, 5.41) is 31.0. The number of aromatic nitrogens is 2. The molecule has 0 bridgehead atoms. The highest BCUT2D eigenvalue weighted by molar-refractivity contribution is 6.15. The summed E-state index contributed by atoms with van der Waals surface area (Å²) >= 11 is 0. The number of anilines is 11. The maximum absolute atomic E-state index is 11.6. The molecule has 0 saturated heterocycles. The van der Waals surface area contributed by atoms with Crippen LogP contribution in [0.5, 0.6) is 0 Å². The number of nitriles is 2. The molecule has 8 nitrogen and oxygen atoms in total. The Morgan fingerprint density at radius 3 is 0.840 bits per heavy atom. The Bertz CT molecular complexity index is 5290. The average Bonchev–Trinajstić information content (AvgIpc) is 1.50. The zero-order valence-corrected chi connectivity index (χ0v) is 51.0. The molecule has 8 heteroatoms. The minimum atomic E-state index is 0.484. The first-order chi connectivity index (χ1) is 46.6. The number of hydrogen-bond donors (Lipinski definition) is 1. The Morgan fingerprint density at radius 1 is 0.245 bits per heavy atom. The van der Waals surface area contributed by atoms with Gasteiger partial charge in [0.15, 0.2) is 0 Å². The topological polar surface area (TPSA) is 79.2 Å². The minimum absolute atomic E-state index is 0.484. The van der Waals surface area contributed by atoms with Crippen molar-refractivity contribution in [1.82, 2.24) is 9.13 Å². The smallest absolute Gasteiger partial charge is 0.0998 e. The van der Waals surface area contributed by atoms with Crippen molar-refractivity contribution >= 4 is 106 Å². The molecule has 0 fully saturated rings. The predicted molar refractivity (Wildman–Crippen MR) is 389 cm³/mol. The fourth-order valence-electron chi connectivity index (χ4n) is 13.6. The number of fused-ring (bicyclic) bond motifs is 6. The Hall–Kier alpha value is -13.1.